The van der Waals surface area contributed by atoms with Gasteiger partial charge in [0.25, 0.3) is 5.91 Å². The smallest absolute Gasteiger partial charge is 0.255 e. The molecular weight excluding hydrogens is 334 g/mol. The van der Waals surface area contributed by atoms with Gasteiger partial charge in [-0.05, 0) is 54.7 Å². The van der Waals surface area contributed by atoms with E-state index in [0.717, 1.165) is 24.0 Å². The van der Waals surface area contributed by atoms with Crippen LogP contribution in [-0.2, 0) is 0 Å². The zero-order valence-corrected chi connectivity index (χ0v) is 14.0. The van der Waals surface area contributed by atoms with Gasteiger partial charge in [-0.15, -0.1) is 0 Å². The molecule has 2 heterocycles. The summed E-state index contributed by atoms with van der Waals surface area (Å²) in [7, 11) is 0. The summed E-state index contributed by atoms with van der Waals surface area (Å²) in [5, 5.41) is 2.98. The van der Waals surface area contributed by atoms with E-state index >= 15 is 0 Å². The van der Waals surface area contributed by atoms with Crippen LogP contribution in [0.4, 0.5) is 5.82 Å². The lowest BCUT2D eigenvalue weighted by molar-refractivity contribution is 0.0947. The number of amides is 1. The Labute approximate surface area is 133 Å². The molecule has 1 aromatic heterocycles. The molecule has 4 N–H and O–H groups in total. The molecule has 6 nitrogen and oxygen atoms in total. The van der Waals surface area contributed by atoms with Crippen molar-refractivity contribution in [2.45, 2.75) is 26.3 Å². The zero-order valence-electron chi connectivity index (χ0n) is 12.4. The van der Waals surface area contributed by atoms with Crippen molar-refractivity contribution >= 4 is 27.7 Å². The Morgan fingerprint density at radius 1 is 1.62 bits per heavy atom. The van der Waals surface area contributed by atoms with Gasteiger partial charge in [-0.2, -0.15) is 0 Å². The minimum absolute atomic E-state index is 0.153. The van der Waals surface area contributed by atoms with Gasteiger partial charge in [0.05, 0.1) is 5.56 Å². The van der Waals surface area contributed by atoms with E-state index in [-0.39, 0.29) is 5.91 Å². The Morgan fingerprint density at radius 3 is 3.00 bits per heavy atom. The average Bonchev–Trinajstić information content (AvgIpc) is 2.94. The summed E-state index contributed by atoms with van der Waals surface area (Å²) in [4.78, 5) is 18.8. The molecule has 0 bridgehead atoms. The van der Waals surface area contributed by atoms with Crippen molar-refractivity contribution < 1.29 is 4.79 Å². The average molecular weight is 356 g/mol. The lowest BCUT2D eigenvalue weighted by Gasteiger charge is -2.20. The second-order valence-corrected chi connectivity index (χ2v) is 6.56. The number of anilines is 1. The highest BCUT2D eigenvalue weighted by molar-refractivity contribution is 9.10. The quantitative estimate of drug-likeness (QED) is 0.551. The van der Waals surface area contributed by atoms with Crippen molar-refractivity contribution in [1.29, 1.82) is 0 Å². The van der Waals surface area contributed by atoms with Gasteiger partial charge in [0, 0.05) is 29.8 Å². The first-order chi connectivity index (χ1) is 10.0. The number of carbonyl (C=O) groups is 1. The van der Waals surface area contributed by atoms with E-state index in [9.17, 15) is 4.79 Å². The standard InChI is InChI=1S/C14H22BrN5O/c1-9(2)20-4-3-10(8-20)6-18-14(21)12-5-11(15)7-17-13(12)19-16/h5,7,9-10H,3-4,6,8,16H2,1-2H3,(H,17,19)(H,18,21). The first-order valence-electron chi connectivity index (χ1n) is 7.15. The summed E-state index contributed by atoms with van der Waals surface area (Å²) in [6.07, 6.45) is 2.72. The van der Waals surface area contributed by atoms with Crippen LogP contribution in [0.25, 0.3) is 0 Å². The van der Waals surface area contributed by atoms with Crippen molar-refractivity contribution in [3.05, 3.63) is 22.3 Å². The molecule has 1 atom stereocenters. The summed E-state index contributed by atoms with van der Waals surface area (Å²) < 4.78 is 0.749. The topological polar surface area (TPSA) is 83.3 Å². The molecule has 2 rings (SSSR count). The molecule has 1 saturated heterocycles. The van der Waals surface area contributed by atoms with Gasteiger partial charge in [0.15, 0.2) is 5.82 Å². The number of nitrogen functional groups attached to an aromatic ring is 1. The van der Waals surface area contributed by atoms with E-state index in [1.54, 1.807) is 12.3 Å². The molecule has 7 heteroatoms. The molecule has 0 aliphatic carbocycles. The van der Waals surface area contributed by atoms with Gasteiger partial charge in [0.1, 0.15) is 0 Å². The Bertz CT molecular complexity index is 508. The van der Waals surface area contributed by atoms with Crippen LogP contribution in [-0.4, -0.2) is 41.5 Å². The minimum Gasteiger partial charge on any atom is -0.352 e. The van der Waals surface area contributed by atoms with Crippen molar-refractivity contribution in [3.8, 4) is 0 Å². The Hall–Kier alpha value is -1.18. The number of nitrogens with one attached hydrogen (secondary N) is 2. The Kier molecular flexibility index (Phi) is 5.55. The number of nitrogens with two attached hydrogens (primary N) is 1. The van der Waals surface area contributed by atoms with Crippen LogP contribution >= 0.6 is 15.9 Å². The summed E-state index contributed by atoms with van der Waals surface area (Å²) >= 11 is 3.32. The molecule has 0 spiro atoms. The van der Waals surface area contributed by atoms with Crippen molar-refractivity contribution in [3.63, 3.8) is 0 Å². The number of hydrogen-bond acceptors (Lipinski definition) is 5. The number of hydrogen-bond donors (Lipinski definition) is 3. The number of carbonyl (C=O) groups excluding carboxylic acids is 1. The van der Waals surface area contributed by atoms with Crippen LogP contribution in [0.15, 0.2) is 16.7 Å². The van der Waals surface area contributed by atoms with E-state index in [2.05, 4.69) is 50.4 Å². The third kappa shape index (κ3) is 4.15. The van der Waals surface area contributed by atoms with Crippen LogP contribution in [0.3, 0.4) is 0 Å². The predicted molar refractivity (Wildman–Crippen MR) is 86.9 cm³/mol. The summed E-state index contributed by atoms with van der Waals surface area (Å²) in [6.45, 7) is 7.22. The van der Waals surface area contributed by atoms with Gasteiger partial charge in [-0.3, -0.25) is 4.79 Å². The number of rotatable bonds is 5. The highest BCUT2D eigenvalue weighted by atomic mass is 79.9. The Balaban J connectivity index is 1.92. The molecule has 1 aromatic rings. The monoisotopic (exact) mass is 355 g/mol. The molecule has 1 fully saturated rings. The summed E-state index contributed by atoms with van der Waals surface area (Å²) in [5.74, 6) is 6.13. The van der Waals surface area contributed by atoms with Gasteiger partial charge < -0.3 is 15.6 Å². The highest BCUT2D eigenvalue weighted by Gasteiger charge is 2.24. The maximum absolute atomic E-state index is 12.3. The molecule has 1 aliphatic heterocycles. The molecule has 116 valence electrons. The van der Waals surface area contributed by atoms with Gasteiger partial charge in [-0.25, -0.2) is 10.8 Å². The second-order valence-electron chi connectivity index (χ2n) is 5.65. The SMILES string of the molecule is CC(C)N1CCC(CNC(=O)c2cc(Br)cnc2NN)C1. The number of aromatic nitrogens is 1. The van der Waals surface area contributed by atoms with E-state index in [1.807, 2.05) is 0 Å². The van der Waals surface area contributed by atoms with E-state index in [1.165, 1.54) is 0 Å². The highest BCUT2D eigenvalue weighted by Crippen LogP contribution is 2.19. The Morgan fingerprint density at radius 2 is 2.38 bits per heavy atom. The number of likely N-dealkylation sites (tertiary alicyclic amines) is 1. The number of pyridine rings is 1. The molecule has 0 aromatic carbocycles. The second kappa shape index (κ2) is 7.20. The first kappa shape index (κ1) is 16.2. The fraction of sp³-hybridized carbons (Fsp3) is 0.571. The maximum atomic E-state index is 12.3. The van der Waals surface area contributed by atoms with Crippen molar-refractivity contribution in [2.24, 2.45) is 11.8 Å². The first-order valence-corrected chi connectivity index (χ1v) is 7.95. The van der Waals surface area contributed by atoms with Crippen molar-refractivity contribution in [1.82, 2.24) is 15.2 Å². The van der Waals surface area contributed by atoms with Crippen LogP contribution in [0.5, 0.6) is 0 Å². The predicted octanol–water partition coefficient (Wildman–Crippen LogP) is 1.59. The largest absolute Gasteiger partial charge is 0.352 e. The molecular formula is C14H22BrN5O. The third-order valence-corrected chi connectivity index (χ3v) is 4.27. The molecule has 0 saturated carbocycles. The van der Waals surface area contributed by atoms with Crippen LogP contribution in [0.2, 0.25) is 0 Å². The zero-order chi connectivity index (χ0) is 15.4. The van der Waals surface area contributed by atoms with Gasteiger partial charge in [-0.1, -0.05) is 0 Å². The third-order valence-electron chi connectivity index (χ3n) is 3.83. The number of halogens is 1. The fourth-order valence-corrected chi connectivity index (χ4v) is 2.89. The lowest BCUT2D eigenvalue weighted by atomic mass is 10.1. The number of hydrazine groups is 1. The van der Waals surface area contributed by atoms with Gasteiger partial charge in [0.2, 0.25) is 0 Å². The van der Waals surface area contributed by atoms with Crippen LogP contribution in [0, 0.1) is 5.92 Å². The van der Waals surface area contributed by atoms with E-state index in [0.29, 0.717) is 29.9 Å². The molecule has 1 amide bonds. The van der Waals surface area contributed by atoms with Gasteiger partial charge >= 0.3 is 0 Å². The summed E-state index contributed by atoms with van der Waals surface area (Å²) in [6, 6.07) is 2.28. The summed E-state index contributed by atoms with van der Waals surface area (Å²) in [5.41, 5.74) is 2.90. The normalized spacial score (nSPS) is 19.0. The minimum atomic E-state index is -0.153. The maximum Gasteiger partial charge on any atom is 0.255 e. The molecule has 21 heavy (non-hydrogen) atoms. The van der Waals surface area contributed by atoms with Crippen LogP contribution < -0.4 is 16.6 Å². The molecule has 1 aliphatic rings. The molecule has 1 unspecified atom stereocenters. The molecule has 0 radical (unpaired) electrons. The fourth-order valence-electron chi connectivity index (χ4n) is 2.56. The van der Waals surface area contributed by atoms with E-state index in [4.69, 9.17) is 5.84 Å². The number of nitrogens with zero attached hydrogens (tertiary/aromatic N) is 2. The van der Waals surface area contributed by atoms with Crippen molar-refractivity contribution in [2.75, 3.05) is 25.1 Å². The van der Waals surface area contributed by atoms with Crippen LogP contribution in [0.1, 0.15) is 30.6 Å². The van der Waals surface area contributed by atoms with E-state index < -0.39 is 0 Å². The lowest BCUT2D eigenvalue weighted by Crippen LogP contribution is -2.33.